The van der Waals surface area contributed by atoms with Crippen molar-refractivity contribution in [1.29, 1.82) is 0 Å². The van der Waals surface area contributed by atoms with Crippen LogP contribution in [0.2, 0.25) is 0 Å². The van der Waals surface area contributed by atoms with Gasteiger partial charge in [-0.15, -0.1) is 0 Å². The molecule has 1 aliphatic heterocycles. The van der Waals surface area contributed by atoms with Crippen LogP contribution in [0.25, 0.3) is 0 Å². The first kappa shape index (κ1) is 18.4. The van der Waals surface area contributed by atoms with E-state index in [1.807, 2.05) is 6.07 Å². The Morgan fingerprint density at radius 1 is 1.22 bits per heavy atom. The number of para-hydroxylation sites is 1. The number of nitrogens with zero attached hydrogens (tertiary/aromatic N) is 1. The predicted octanol–water partition coefficient (Wildman–Crippen LogP) is 2.68. The summed E-state index contributed by atoms with van der Waals surface area (Å²) < 4.78 is 39.5. The Labute approximate surface area is 153 Å². The molecule has 1 N–H and O–H groups in total. The lowest BCUT2D eigenvalue weighted by atomic mass is 10.2. The molecule has 0 bridgehead atoms. The molecule has 0 spiro atoms. The Kier molecular flexibility index (Phi) is 6.03. The van der Waals surface area contributed by atoms with Crippen molar-refractivity contribution in [3.05, 3.63) is 53.6 Å². The third-order valence-electron chi connectivity index (χ3n) is 3.52. The fourth-order valence-electron chi connectivity index (χ4n) is 2.28. The SMILES string of the molecule is O=C(CO/N=C/c1ccccc1OC(F)F)NCc1ccc2c(c1)OCO2. The zero-order chi connectivity index (χ0) is 19.1. The monoisotopic (exact) mass is 378 g/mol. The maximum absolute atomic E-state index is 12.3. The summed E-state index contributed by atoms with van der Waals surface area (Å²) in [6.07, 6.45) is 1.20. The summed E-state index contributed by atoms with van der Waals surface area (Å²) in [4.78, 5) is 16.7. The highest BCUT2D eigenvalue weighted by atomic mass is 19.3. The lowest BCUT2D eigenvalue weighted by molar-refractivity contribution is -0.125. The van der Waals surface area contributed by atoms with Gasteiger partial charge in [-0.1, -0.05) is 23.4 Å². The minimum absolute atomic E-state index is 0.0351. The van der Waals surface area contributed by atoms with Gasteiger partial charge in [-0.05, 0) is 29.8 Å². The second-order valence-electron chi connectivity index (χ2n) is 5.39. The summed E-state index contributed by atoms with van der Waals surface area (Å²) in [6, 6.07) is 11.5. The number of alkyl halides is 2. The maximum atomic E-state index is 12.3. The molecule has 1 amide bonds. The van der Waals surface area contributed by atoms with Crippen molar-refractivity contribution in [3.8, 4) is 17.2 Å². The lowest BCUT2D eigenvalue weighted by Crippen LogP contribution is -2.26. The Balaban J connectivity index is 1.44. The molecule has 7 nitrogen and oxygen atoms in total. The number of halogens is 2. The number of hydrogen-bond acceptors (Lipinski definition) is 6. The Morgan fingerprint density at radius 3 is 2.89 bits per heavy atom. The van der Waals surface area contributed by atoms with Crippen LogP contribution in [0.4, 0.5) is 8.78 Å². The molecular formula is C18H16F2N2O5. The summed E-state index contributed by atoms with van der Waals surface area (Å²) in [5.41, 5.74) is 1.15. The van der Waals surface area contributed by atoms with Gasteiger partial charge in [0.2, 0.25) is 6.79 Å². The van der Waals surface area contributed by atoms with Gasteiger partial charge in [0.05, 0.1) is 6.21 Å². The van der Waals surface area contributed by atoms with Gasteiger partial charge in [0.25, 0.3) is 5.91 Å². The first-order chi connectivity index (χ1) is 13.1. The van der Waals surface area contributed by atoms with Crippen molar-refractivity contribution >= 4 is 12.1 Å². The molecule has 9 heteroatoms. The number of nitrogens with one attached hydrogen (secondary N) is 1. The van der Waals surface area contributed by atoms with Crippen LogP contribution in [-0.2, 0) is 16.2 Å². The molecular weight excluding hydrogens is 362 g/mol. The first-order valence-electron chi connectivity index (χ1n) is 7.96. The van der Waals surface area contributed by atoms with Gasteiger partial charge in [-0.3, -0.25) is 4.79 Å². The van der Waals surface area contributed by atoms with E-state index in [-0.39, 0.29) is 31.6 Å². The van der Waals surface area contributed by atoms with E-state index < -0.39 is 6.61 Å². The van der Waals surface area contributed by atoms with Gasteiger partial charge < -0.3 is 24.4 Å². The average molecular weight is 378 g/mol. The summed E-state index contributed by atoms with van der Waals surface area (Å²) >= 11 is 0. The van der Waals surface area contributed by atoms with Crippen LogP contribution in [-0.4, -0.2) is 32.1 Å². The van der Waals surface area contributed by atoms with E-state index in [2.05, 4.69) is 15.2 Å². The highest BCUT2D eigenvalue weighted by Crippen LogP contribution is 2.32. The third-order valence-corrected chi connectivity index (χ3v) is 3.52. The highest BCUT2D eigenvalue weighted by Gasteiger charge is 2.13. The van der Waals surface area contributed by atoms with Gasteiger partial charge in [-0.25, -0.2) is 0 Å². The molecule has 0 aliphatic carbocycles. The Bertz CT molecular complexity index is 829. The number of amides is 1. The molecule has 27 heavy (non-hydrogen) atoms. The largest absolute Gasteiger partial charge is 0.454 e. The molecule has 0 radical (unpaired) electrons. The number of oxime groups is 1. The molecule has 0 atom stereocenters. The zero-order valence-corrected chi connectivity index (χ0v) is 14.1. The first-order valence-corrected chi connectivity index (χ1v) is 7.96. The van der Waals surface area contributed by atoms with Crippen LogP contribution < -0.4 is 19.5 Å². The fraction of sp³-hybridized carbons (Fsp3) is 0.222. The summed E-state index contributed by atoms with van der Waals surface area (Å²) in [5.74, 6) is 0.875. The molecule has 0 unspecified atom stereocenters. The third kappa shape index (κ3) is 5.30. The standard InChI is InChI=1S/C18H16F2N2O5/c19-18(20)27-14-4-2-1-3-13(14)9-22-26-10-17(23)21-8-12-5-6-15-16(7-12)25-11-24-15/h1-7,9,18H,8,10-11H2,(H,21,23)/b22-9+. The maximum Gasteiger partial charge on any atom is 0.387 e. The van der Waals surface area contributed by atoms with Crippen molar-refractivity contribution in [3.63, 3.8) is 0 Å². The van der Waals surface area contributed by atoms with Crippen LogP contribution in [0.15, 0.2) is 47.6 Å². The summed E-state index contributed by atoms with van der Waals surface area (Å²) in [5, 5.41) is 6.27. The van der Waals surface area contributed by atoms with Crippen LogP contribution in [0.3, 0.4) is 0 Å². The minimum Gasteiger partial charge on any atom is -0.454 e. The second kappa shape index (κ2) is 8.84. The molecule has 0 saturated heterocycles. The number of carbonyl (C=O) groups is 1. The number of hydrogen-bond donors (Lipinski definition) is 1. The molecule has 2 aromatic rings. The van der Waals surface area contributed by atoms with Crippen molar-refractivity contribution in [1.82, 2.24) is 5.32 Å². The van der Waals surface area contributed by atoms with Crippen LogP contribution in [0, 0.1) is 0 Å². The van der Waals surface area contributed by atoms with Gasteiger partial charge in [0.1, 0.15) is 5.75 Å². The molecule has 0 aromatic heterocycles. The zero-order valence-electron chi connectivity index (χ0n) is 14.1. The van der Waals surface area contributed by atoms with E-state index in [1.54, 1.807) is 24.3 Å². The predicted molar refractivity (Wildman–Crippen MR) is 91.0 cm³/mol. The normalized spacial score (nSPS) is 12.4. The molecule has 1 heterocycles. The number of ether oxygens (including phenoxy) is 3. The molecule has 0 fully saturated rings. The average Bonchev–Trinajstić information content (AvgIpc) is 3.12. The van der Waals surface area contributed by atoms with Crippen LogP contribution in [0.5, 0.6) is 17.2 Å². The molecule has 142 valence electrons. The van der Waals surface area contributed by atoms with Gasteiger partial charge in [-0.2, -0.15) is 8.78 Å². The van der Waals surface area contributed by atoms with E-state index in [0.29, 0.717) is 17.1 Å². The molecule has 1 aliphatic rings. The van der Waals surface area contributed by atoms with E-state index in [4.69, 9.17) is 14.3 Å². The van der Waals surface area contributed by atoms with Gasteiger partial charge in [0.15, 0.2) is 18.1 Å². The fourth-order valence-corrected chi connectivity index (χ4v) is 2.28. The molecule has 3 rings (SSSR count). The van der Waals surface area contributed by atoms with Crippen molar-refractivity contribution in [2.45, 2.75) is 13.2 Å². The van der Waals surface area contributed by atoms with E-state index in [0.717, 1.165) is 5.56 Å². The number of benzene rings is 2. The van der Waals surface area contributed by atoms with E-state index in [1.165, 1.54) is 18.3 Å². The van der Waals surface area contributed by atoms with Gasteiger partial charge in [0, 0.05) is 12.1 Å². The van der Waals surface area contributed by atoms with Crippen molar-refractivity contribution in [2.24, 2.45) is 5.16 Å². The van der Waals surface area contributed by atoms with Crippen molar-refractivity contribution in [2.75, 3.05) is 13.4 Å². The van der Waals surface area contributed by atoms with E-state index in [9.17, 15) is 13.6 Å². The summed E-state index contributed by atoms with van der Waals surface area (Å²) in [7, 11) is 0. The topological polar surface area (TPSA) is 78.4 Å². The minimum atomic E-state index is -2.94. The van der Waals surface area contributed by atoms with E-state index >= 15 is 0 Å². The van der Waals surface area contributed by atoms with Crippen LogP contribution >= 0.6 is 0 Å². The van der Waals surface area contributed by atoms with Crippen molar-refractivity contribution < 1.29 is 32.6 Å². The van der Waals surface area contributed by atoms with Gasteiger partial charge >= 0.3 is 6.61 Å². The summed E-state index contributed by atoms with van der Waals surface area (Å²) in [6.45, 7) is -2.79. The number of carbonyl (C=O) groups excluding carboxylic acids is 1. The Hall–Kier alpha value is -3.36. The quantitative estimate of drug-likeness (QED) is 0.565. The number of rotatable bonds is 8. The highest BCUT2D eigenvalue weighted by molar-refractivity contribution is 5.83. The number of fused-ring (bicyclic) bond motifs is 1. The lowest BCUT2D eigenvalue weighted by Gasteiger charge is -2.07. The molecule has 2 aromatic carbocycles. The molecule has 0 saturated carbocycles. The van der Waals surface area contributed by atoms with Crippen LogP contribution in [0.1, 0.15) is 11.1 Å². The smallest absolute Gasteiger partial charge is 0.387 e. The Morgan fingerprint density at radius 2 is 2.04 bits per heavy atom. The second-order valence-corrected chi connectivity index (χ2v) is 5.39.